The molecule has 0 aliphatic carbocycles. The van der Waals surface area contributed by atoms with E-state index < -0.39 is 0 Å². The Morgan fingerprint density at radius 3 is 1.36 bits per heavy atom. The maximum Gasteiger partial charge on any atom is 0.00238 e. The van der Waals surface area contributed by atoms with Gasteiger partial charge in [0.25, 0.3) is 0 Å². The van der Waals surface area contributed by atoms with Gasteiger partial charge in [-0.05, 0) is 11.5 Å². The van der Waals surface area contributed by atoms with Crippen molar-refractivity contribution in [2.45, 2.75) is 13.8 Å². The first-order valence-electron chi connectivity index (χ1n) is 4.15. The molecule has 0 N–H and O–H groups in total. The van der Waals surface area contributed by atoms with E-state index in [-0.39, 0.29) is 0 Å². The molecule has 0 heterocycles. The third kappa shape index (κ3) is 11.0. The van der Waals surface area contributed by atoms with E-state index in [0.29, 0.717) is 0 Å². The van der Waals surface area contributed by atoms with Crippen LogP contribution < -0.4 is 0 Å². The minimum Gasteiger partial charge on any atom is -0.161 e. The van der Waals surface area contributed by atoms with Gasteiger partial charge in [-0.3, -0.25) is 0 Å². The second-order valence-corrected chi connectivity index (χ2v) is 6.02. The highest BCUT2D eigenvalue weighted by Gasteiger charge is 1.89. The van der Waals surface area contributed by atoms with Crippen LogP contribution in [0.3, 0.4) is 0 Å². The fourth-order valence-electron chi connectivity index (χ4n) is 0.626. The molecule has 0 aromatic carbocycles. The van der Waals surface area contributed by atoms with Gasteiger partial charge in [0.15, 0.2) is 0 Å². The van der Waals surface area contributed by atoms with E-state index in [1.165, 1.54) is 34.5 Å². The molecule has 0 spiro atoms. The summed E-state index contributed by atoms with van der Waals surface area (Å²) in [5, 5.41) is 0. The van der Waals surface area contributed by atoms with Crippen molar-refractivity contribution in [3.05, 3.63) is 0 Å². The van der Waals surface area contributed by atoms with E-state index in [1.54, 1.807) is 0 Å². The molecule has 0 aliphatic heterocycles. The molecule has 0 radical (unpaired) electrons. The molecule has 0 aromatic heterocycles. The summed E-state index contributed by atoms with van der Waals surface area (Å²) in [4.78, 5) is 0. The van der Waals surface area contributed by atoms with Crippen molar-refractivity contribution in [2.75, 3.05) is 34.5 Å². The standard InChI is InChI=1S/C8H18S3/c1-3-9-5-7-11-8-6-10-4-2/h3-8H2,1-2H3. The smallest absolute Gasteiger partial charge is 0.00238 e. The topological polar surface area (TPSA) is 0 Å². The molecular formula is C8H18S3. The summed E-state index contributed by atoms with van der Waals surface area (Å²) >= 11 is 6.18. The van der Waals surface area contributed by atoms with E-state index in [9.17, 15) is 0 Å². The Kier molecular flexibility index (Phi) is 12.1. The Morgan fingerprint density at radius 2 is 1.00 bits per heavy atom. The van der Waals surface area contributed by atoms with Crippen molar-refractivity contribution >= 4 is 35.3 Å². The SMILES string of the molecule is CCSCCSCCSCC. The van der Waals surface area contributed by atoms with Gasteiger partial charge in [-0.2, -0.15) is 35.3 Å². The highest BCUT2D eigenvalue weighted by molar-refractivity contribution is 8.04. The summed E-state index contributed by atoms with van der Waals surface area (Å²) < 4.78 is 0. The van der Waals surface area contributed by atoms with Gasteiger partial charge in [0.2, 0.25) is 0 Å². The van der Waals surface area contributed by atoms with E-state index in [2.05, 4.69) is 25.6 Å². The van der Waals surface area contributed by atoms with Crippen molar-refractivity contribution in [3.63, 3.8) is 0 Å². The van der Waals surface area contributed by atoms with E-state index in [4.69, 9.17) is 0 Å². The Hall–Kier alpha value is 1.05. The molecular weight excluding hydrogens is 192 g/mol. The lowest BCUT2D eigenvalue weighted by molar-refractivity contribution is 1.44. The molecule has 0 amide bonds. The lowest BCUT2D eigenvalue weighted by Crippen LogP contribution is -1.89. The fraction of sp³-hybridized carbons (Fsp3) is 1.00. The molecule has 0 fully saturated rings. The molecule has 0 saturated carbocycles. The van der Waals surface area contributed by atoms with E-state index >= 15 is 0 Å². The van der Waals surface area contributed by atoms with Gasteiger partial charge in [-0.25, -0.2) is 0 Å². The average molecular weight is 210 g/mol. The molecule has 3 heteroatoms. The largest absolute Gasteiger partial charge is 0.161 e. The van der Waals surface area contributed by atoms with Crippen LogP contribution in [0.2, 0.25) is 0 Å². The van der Waals surface area contributed by atoms with Crippen LogP contribution in [-0.4, -0.2) is 34.5 Å². The predicted molar refractivity (Wildman–Crippen MR) is 63.3 cm³/mol. The normalized spacial score (nSPS) is 10.4. The Labute approximate surface area is 83.7 Å². The maximum absolute atomic E-state index is 2.22. The zero-order chi connectivity index (χ0) is 8.36. The van der Waals surface area contributed by atoms with Crippen LogP contribution in [0.4, 0.5) is 0 Å². The molecule has 0 aliphatic rings. The van der Waals surface area contributed by atoms with Gasteiger partial charge in [0.05, 0.1) is 0 Å². The number of hydrogen-bond acceptors (Lipinski definition) is 3. The minimum absolute atomic E-state index is 1.27. The van der Waals surface area contributed by atoms with Crippen molar-refractivity contribution in [3.8, 4) is 0 Å². The molecule has 0 aromatic rings. The van der Waals surface area contributed by atoms with Crippen LogP contribution in [0.1, 0.15) is 13.8 Å². The summed E-state index contributed by atoms with van der Waals surface area (Å²) in [6, 6.07) is 0. The first-order valence-corrected chi connectivity index (χ1v) is 7.61. The van der Waals surface area contributed by atoms with Gasteiger partial charge >= 0.3 is 0 Å². The molecule has 0 saturated heterocycles. The molecule has 0 rings (SSSR count). The summed E-state index contributed by atoms with van der Waals surface area (Å²) in [6.45, 7) is 4.45. The van der Waals surface area contributed by atoms with Gasteiger partial charge in [0.1, 0.15) is 0 Å². The van der Waals surface area contributed by atoms with E-state index in [0.717, 1.165) is 0 Å². The summed E-state index contributed by atoms with van der Waals surface area (Å²) in [5.74, 6) is 7.87. The lowest BCUT2D eigenvalue weighted by atomic mass is 10.9. The average Bonchev–Trinajstić information content (AvgIpc) is 2.03. The zero-order valence-electron chi connectivity index (χ0n) is 7.47. The Morgan fingerprint density at radius 1 is 0.636 bits per heavy atom. The number of rotatable bonds is 8. The van der Waals surface area contributed by atoms with Crippen LogP contribution in [0.25, 0.3) is 0 Å². The first-order chi connectivity index (χ1) is 5.41. The molecule has 0 bridgehead atoms. The van der Waals surface area contributed by atoms with E-state index in [1.807, 2.05) is 23.5 Å². The fourth-order valence-corrected chi connectivity index (χ4v) is 3.29. The maximum atomic E-state index is 2.22. The summed E-state index contributed by atoms with van der Waals surface area (Å²) in [7, 11) is 0. The Bertz CT molecular complexity index is 58.4. The zero-order valence-corrected chi connectivity index (χ0v) is 9.92. The minimum atomic E-state index is 1.27. The van der Waals surface area contributed by atoms with Crippen LogP contribution in [0.15, 0.2) is 0 Å². The summed E-state index contributed by atoms with van der Waals surface area (Å²) in [5.41, 5.74) is 0. The highest BCUT2D eigenvalue weighted by Crippen LogP contribution is 2.09. The third-order valence-corrected chi connectivity index (χ3v) is 4.46. The van der Waals surface area contributed by atoms with Gasteiger partial charge < -0.3 is 0 Å². The number of hydrogen-bond donors (Lipinski definition) is 0. The van der Waals surface area contributed by atoms with Gasteiger partial charge in [-0.15, -0.1) is 0 Å². The molecule has 0 atom stereocenters. The van der Waals surface area contributed by atoms with Crippen molar-refractivity contribution in [2.24, 2.45) is 0 Å². The quantitative estimate of drug-likeness (QED) is 0.565. The van der Waals surface area contributed by atoms with Crippen LogP contribution in [-0.2, 0) is 0 Å². The van der Waals surface area contributed by atoms with Crippen LogP contribution >= 0.6 is 35.3 Å². The molecule has 11 heavy (non-hydrogen) atoms. The number of thioether (sulfide) groups is 3. The molecule has 68 valence electrons. The lowest BCUT2D eigenvalue weighted by Gasteiger charge is -1.99. The highest BCUT2D eigenvalue weighted by atomic mass is 32.2. The van der Waals surface area contributed by atoms with Gasteiger partial charge in [-0.1, -0.05) is 13.8 Å². The molecule has 0 nitrogen and oxygen atoms in total. The van der Waals surface area contributed by atoms with Crippen LogP contribution in [0, 0.1) is 0 Å². The summed E-state index contributed by atoms with van der Waals surface area (Å²) in [6.07, 6.45) is 0. The van der Waals surface area contributed by atoms with Gasteiger partial charge in [0, 0.05) is 23.0 Å². The predicted octanol–water partition coefficient (Wildman–Crippen LogP) is 3.23. The van der Waals surface area contributed by atoms with Crippen LogP contribution in [0.5, 0.6) is 0 Å². The second-order valence-electron chi connectivity index (χ2n) is 2.01. The first kappa shape index (κ1) is 12.0. The van der Waals surface area contributed by atoms with Crippen molar-refractivity contribution in [1.29, 1.82) is 0 Å². The third-order valence-electron chi connectivity index (χ3n) is 1.15. The van der Waals surface area contributed by atoms with Crippen molar-refractivity contribution < 1.29 is 0 Å². The molecule has 0 unspecified atom stereocenters. The van der Waals surface area contributed by atoms with Crippen molar-refractivity contribution in [1.82, 2.24) is 0 Å². The monoisotopic (exact) mass is 210 g/mol. The Balaban J connectivity index is 2.69. The second kappa shape index (κ2) is 11.1.